The van der Waals surface area contributed by atoms with Gasteiger partial charge in [0, 0.05) is 5.41 Å². The SMILES string of the molecule is Cc1cc(C(C)(C)c2ccc(OC[C@@H](O)CO)c(C)c2)ccc1OC[C@H](O)CCl. The zero-order valence-electron chi connectivity index (χ0n) is 17.5. The Bertz CT molecular complexity index is 740. The molecule has 2 rings (SSSR count). The normalized spacial score (nSPS) is 13.8. The molecule has 0 aliphatic carbocycles. The van der Waals surface area contributed by atoms with Crippen LogP contribution in [0.1, 0.15) is 36.1 Å². The Morgan fingerprint density at radius 1 is 0.862 bits per heavy atom. The molecule has 0 radical (unpaired) electrons. The van der Waals surface area contributed by atoms with Crippen LogP contribution in [0.25, 0.3) is 0 Å². The number of ether oxygens (including phenoxy) is 2. The van der Waals surface area contributed by atoms with Gasteiger partial charge in [-0.2, -0.15) is 0 Å². The van der Waals surface area contributed by atoms with Crippen molar-refractivity contribution < 1.29 is 24.8 Å². The Kier molecular flexibility index (Phi) is 8.34. The average molecular weight is 423 g/mol. The van der Waals surface area contributed by atoms with Crippen LogP contribution < -0.4 is 9.47 Å². The topological polar surface area (TPSA) is 79.2 Å². The Hall–Kier alpha value is -1.79. The van der Waals surface area contributed by atoms with E-state index in [2.05, 4.69) is 26.0 Å². The third kappa shape index (κ3) is 6.09. The van der Waals surface area contributed by atoms with Crippen molar-refractivity contribution in [2.24, 2.45) is 0 Å². The number of benzene rings is 2. The van der Waals surface area contributed by atoms with Gasteiger partial charge in [0.1, 0.15) is 36.9 Å². The quantitative estimate of drug-likeness (QED) is 0.512. The first-order chi connectivity index (χ1) is 13.7. The molecule has 2 aromatic rings. The summed E-state index contributed by atoms with van der Waals surface area (Å²) < 4.78 is 11.3. The second kappa shape index (κ2) is 10.3. The minimum absolute atomic E-state index is 0.0547. The van der Waals surface area contributed by atoms with E-state index in [9.17, 15) is 10.2 Å². The summed E-state index contributed by atoms with van der Waals surface area (Å²) in [5.74, 6) is 1.56. The molecule has 0 bridgehead atoms. The van der Waals surface area contributed by atoms with Crippen LogP contribution >= 0.6 is 11.6 Å². The highest BCUT2D eigenvalue weighted by atomic mass is 35.5. The van der Waals surface area contributed by atoms with Crippen molar-refractivity contribution in [1.82, 2.24) is 0 Å². The van der Waals surface area contributed by atoms with Crippen molar-refractivity contribution >= 4 is 11.6 Å². The summed E-state index contributed by atoms with van der Waals surface area (Å²) in [4.78, 5) is 0. The van der Waals surface area contributed by atoms with E-state index in [0.717, 1.165) is 28.0 Å². The van der Waals surface area contributed by atoms with Gasteiger partial charge in [0.15, 0.2) is 0 Å². The number of hydrogen-bond donors (Lipinski definition) is 3. The molecule has 5 nitrogen and oxygen atoms in total. The molecule has 0 unspecified atom stereocenters. The summed E-state index contributed by atoms with van der Waals surface area (Å²) in [6.07, 6.45) is -1.57. The fourth-order valence-corrected chi connectivity index (χ4v) is 3.13. The van der Waals surface area contributed by atoms with Gasteiger partial charge in [0.05, 0.1) is 12.5 Å². The number of aliphatic hydroxyl groups is 3. The molecule has 0 aliphatic heterocycles. The lowest BCUT2D eigenvalue weighted by atomic mass is 9.77. The van der Waals surface area contributed by atoms with Crippen LogP contribution in [0.4, 0.5) is 0 Å². The lowest BCUT2D eigenvalue weighted by molar-refractivity contribution is 0.0534. The van der Waals surface area contributed by atoms with E-state index in [1.807, 2.05) is 38.1 Å². The van der Waals surface area contributed by atoms with Gasteiger partial charge in [-0.15, -0.1) is 11.6 Å². The zero-order valence-corrected chi connectivity index (χ0v) is 18.2. The van der Waals surface area contributed by atoms with E-state index in [1.54, 1.807) is 0 Å². The van der Waals surface area contributed by atoms with E-state index >= 15 is 0 Å². The van der Waals surface area contributed by atoms with Gasteiger partial charge >= 0.3 is 0 Å². The molecule has 160 valence electrons. The molecule has 2 aromatic carbocycles. The molecular weight excluding hydrogens is 392 g/mol. The third-order valence-corrected chi connectivity index (χ3v) is 5.40. The largest absolute Gasteiger partial charge is 0.491 e. The molecule has 0 heterocycles. The number of aliphatic hydroxyl groups excluding tert-OH is 3. The number of alkyl halides is 1. The van der Waals surface area contributed by atoms with Gasteiger partial charge in [-0.1, -0.05) is 38.1 Å². The highest BCUT2D eigenvalue weighted by molar-refractivity contribution is 6.18. The van der Waals surface area contributed by atoms with Gasteiger partial charge in [-0.05, 0) is 48.2 Å². The van der Waals surface area contributed by atoms with Crippen molar-refractivity contribution in [3.8, 4) is 11.5 Å². The van der Waals surface area contributed by atoms with Gasteiger partial charge < -0.3 is 24.8 Å². The molecule has 0 saturated heterocycles. The lowest BCUT2D eigenvalue weighted by Crippen LogP contribution is -2.22. The van der Waals surface area contributed by atoms with Crippen LogP contribution in [0.15, 0.2) is 36.4 Å². The molecule has 2 atom stereocenters. The molecule has 3 N–H and O–H groups in total. The maximum absolute atomic E-state index is 9.58. The van der Waals surface area contributed by atoms with Crippen LogP contribution in [0, 0.1) is 13.8 Å². The second-order valence-electron chi connectivity index (χ2n) is 7.85. The molecule has 0 aliphatic rings. The Morgan fingerprint density at radius 3 is 1.69 bits per heavy atom. The molecular formula is C23H31ClO5. The van der Waals surface area contributed by atoms with Gasteiger partial charge in [-0.3, -0.25) is 0 Å². The fraction of sp³-hybridized carbons (Fsp3) is 0.478. The molecule has 6 heteroatoms. The molecule has 0 spiro atoms. The third-order valence-electron chi connectivity index (χ3n) is 5.04. The molecule has 0 amide bonds. The molecule has 0 fully saturated rings. The smallest absolute Gasteiger partial charge is 0.122 e. The molecule has 29 heavy (non-hydrogen) atoms. The Morgan fingerprint density at radius 2 is 1.31 bits per heavy atom. The lowest BCUT2D eigenvalue weighted by Gasteiger charge is -2.28. The number of hydrogen-bond acceptors (Lipinski definition) is 5. The summed E-state index contributed by atoms with van der Waals surface area (Å²) in [7, 11) is 0. The Balaban J connectivity index is 2.19. The van der Waals surface area contributed by atoms with Crippen LogP contribution in [0.2, 0.25) is 0 Å². The van der Waals surface area contributed by atoms with Crippen LogP contribution in [-0.2, 0) is 5.41 Å². The highest BCUT2D eigenvalue weighted by Crippen LogP contribution is 2.36. The van der Waals surface area contributed by atoms with Gasteiger partial charge in [0.2, 0.25) is 0 Å². The van der Waals surface area contributed by atoms with Gasteiger partial charge in [-0.25, -0.2) is 0 Å². The standard InChI is InChI=1S/C23H31ClO5/c1-15-9-17(5-7-21(15)28-13-19(26)11-24)23(3,4)18-6-8-22(16(2)10-18)29-14-20(27)12-25/h5-10,19-20,25-27H,11-14H2,1-4H3/t19-,20+/m1/s1. The van der Waals surface area contributed by atoms with E-state index in [0.29, 0.717) is 5.75 Å². The minimum Gasteiger partial charge on any atom is -0.491 e. The number of halogens is 1. The maximum atomic E-state index is 9.58. The maximum Gasteiger partial charge on any atom is 0.122 e. The van der Waals surface area contributed by atoms with Crippen molar-refractivity contribution in [2.75, 3.05) is 25.7 Å². The van der Waals surface area contributed by atoms with Crippen molar-refractivity contribution in [3.05, 3.63) is 58.7 Å². The first kappa shape index (κ1) is 23.5. The van der Waals surface area contributed by atoms with E-state index in [-0.39, 0.29) is 31.1 Å². The van der Waals surface area contributed by atoms with Gasteiger partial charge in [0.25, 0.3) is 0 Å². The van der Waals surface area contributed by atoms with Crippen LogP contribution in [0.5, 0.6) is 11.5 Å². The zero-order chi connectivity index (χ0) is 21.6. The summed E-state index contributed by atoms with van der Waals surface area (Å²) in [6, 6.07) is 12.1. The summed E-state index contributed by atoms with van der Waals surface area (Å²) in [6.45, 7) is 8.15. The second-order valence-corrected chi connectivity index (χ2v) is 8.16. The van der Waals surface area contributed by atoms with Crippen molar-refractivity contribution in [1.29, 1.82) is 0 Å². The fourth-order valence-electron chi connectivity index (χ4n) is 3.04. The summed E-state index contributed by atoms with van der Waals surface area (Å²) in [5, 5.41) is 28.0. The monoisotopic (exact) mass is 422 g/mol. The summed E-state index contributed by atoms with van der Waals surface area (Å²) in [5.41, 5.74) is 3.99. The highest BCUT2D eigenvalue weighted by Gasteiger charge is 2.24. The van der Waals surface area contributed by atoms with E-state index < -0.39 is 12.2 Å². The molecule has 0 saturated carbocycles. The van der Waals surface area contributed by atoms with Crippen LogP contribution in [-0.4, -0.2) is 53.2 Å². The predicted octanol–water partition coefficient (Wildman–Crippen LogP) is 3.34. The predicted molar refractivity (Wildman–Crippen MR) is 115 cm³/mol. The van der Waals surface area contributed by atoms with E-state index in [4.69, 9.17) is 26.2 Å². The average Bonchev–Trinajstić information content (AvgIpc) is 2.71. The summed E-state index contributed by atoms with van der Waals surface area (Å²) >= 11 is 5.61. The van der Waals surface area contributed by atoms with Crippen molar-refractivity contribution in [2.45, 2.75) is 45.3 Å². The van der Waals surface area contributed by atoms with E-state index in [1.165, 1.54) is 0 Å². The first-order valence-electron chi connectivity index (χ1n) is 9.69. The number of rotatable bonds is 10. The minimum atomic E-state index is -0.889. The first-order valence-corrected chi connectivity index (χ1v) is 10.2. The van der Waals surface area contributed by atoms with Crippen LogP contribution in [0.3, 0.4) is 0 Å². The molecule has 0 aromatic heterocycles. The Labute approximate surface area is 177 Å². The number of aryl methyl sites for hydroxylation is 2. The van der Waals surface area contributed by atoms with Crippen molar-refractivity contribution in [3.63, 3.8) is 0 Å².